The standard InChI is InChI=1S/C18H23ClFN3O2/c19-14-4-5-15(16(20)12-14)18(25)23-9-3-6-21(10-11-23)13-17(24)22-7-1-2-8-22/h4-5,12H,1-3,6-11,13H2. The van der Waals surface area contributed by atoms with Gasteiger partial charge in [0, 0.05) is 44.3 Å². The van der Waals surface area contributed by atoms with Gasteiger partial charge in [0.15, 0.2) is 0 Å². The zero-order valence-corrected chi connectivity index (χ0v) is 15.0. The van der Waals surface area contributed by atoms with E-state index in [9.17, 15) is 14.0 Å². The molecule has 1 aromatic carbocycles. The van der Waals surface area contributed by atoms with Crippen LogP contribution in [0.2, 0.25) is 5.02 Å². The average Bonchev–Trinajstić information content (AvgIpc) is 3.02. The molecular weight excluding hydrogens is 345 g/mol. The predicted molar refractivity (Wildman–Crippen MR) is 94.2 cm³/mol. The van der Waals surface area contributed by atoms with Crippen LogP contribution in [-0.4, -0.2) is 72.3 Å². The molecule has 2 aliphatic heterocycles. The molecule has 0 bridgehead atoms. The largest absolute Gasteiger partial charge is 0.342 e. The fourth-order valence-corrected chi connectivity index (χ4v) is 3.58. The highest BCUT2D eigenvalue weighted by molar-refractivity contribution is 6.30. The molecule has 0 unspecified atom stereocenters. The minimum atomic E-state index is -0.595. The van der Waals surface area contributed by atoms with Crippen molar-refractivity contribution in [3.63, 3.8) is 0 Å². The average molecular weight is 368 g/mol. The molecule has 136 valence electrons. The van der Waals surface area contributed by atoms with Gasteiger partial charge in [-0.15, -0.1) is 0 Å². The lowest BCUT2D eigenvalue weighted by molar-refractivity contribution is -0.131. The Hall–Kier alpha value is -1.66. The van der Waals surface area contributed by atoms with Crippen LogP contribution in [-0.2, 0) is 4.79 Å². The van der Waals surface area contributed by atoms with Gasteiger partial charge in [-0.1, -0.05) is 11.6 Å². The van der Waals surface area contributed by atoms with E-state index in [4.69, 9.17) is 11.6 Å². The summed E-state index contributed by atoms with van der Waals surface area (Å²) in [6.07, 6.45) is 2.94. The van der Waals surface area contributed by atoms with Gasteiger partial charge < -0.3 is 9.80 Å². The summed E-state index contributed by atoms with van der Waals surface area (Å²) in [5.41, 5.74) is 0.0472. The topological polar surface area (TPSA) is 43.9 Å². The maximum Gasteiger partial charge on any atom is 0.256 e. The van der Waals surface area contributed by atoms with Crippen molar-refractivity contribution < 1.29 is 14.0 Å². The lowest BCUT2D eigenvalue weighted by atomic mass is 10.2. The molecule has 7 heteroatoms. The van der Waals surface area contributed by atoms with Crippen molar-refractivity contribution in [1.82, 2.24) is 14.7 Å². The molecule has 0 spiro atoms. The van der Waals surface area contributed by atoms with Gasteiger partial charge in [0.2, 0.25) is 5.91 Å². The highest BCUT2D eigenvalue weighted by Gasteiger charge is 2.25. The van der Waals surface area contributed by atoms with Crippen molar-refractivity contribution in [3.05, 3.63) is 34.6 Å². The molecule has 1 aromatic rings. The molecule has 0 atom stereocenters. The molecule has 0 aliphatic carbocycles. The number of likely N-dealkylation sites (tertiary alicyclic amines) is 1. The van der Waals surface area contributed by atoms with E-state index in [0.29, 0.717) is 26.2 Å². The van der Waals surface area contributed by atoms with Crippen molar-refractivity contribution in [1.29, 1.82) is 0 Å². The Balaban J connectivity index is 1.57. The molecule has 0 radical (unpaired) electrons. The minimum absolute atomic E-state index is 0.0472. The van der Waals surface area contributed by atoms with E-state index in [1.54, 1.807) is 4.90 Å². The third-order valence-corrected chi connectivity index (χ3v) is 5.09. The Kier molecular flexibility index (Phi) is 5.91. The second kappa shape index (κ2) is 8.15. The van der Waals surface area contributed by atoms with E-state index in [1.807, 2.05) is 4.90 Å². The first-order chi connectivity index (χ1) is 12.0. The summed E-state index contributed by atoms with van der Waals surface area (Å²) in [5, 5.41) is 0.275. The second-order valence-electron chi connectivity index (χ2n) is 6.63. The van der Waals surface area contributed by atoms with Gasteiger partial charge in [-0.2, -0.15) is 0 Å². The lowest BCUT2D eigenvalue weighted by Crippen LogP contribution is -2.41. The number of nitrogens with zero attached hydrogens (tertiary/aromatic N) is 3. The van der Waals surface area contributed by atoms with Crippen molar-refractivity contribution >= 4 is 23.4 Å². The van der Waals surface area contributed by atoms with E-state index >= 15 is 0 Å². The summed E-state index contributed by atoms with van der Waals surface area (Å²) in [7, 11) is 0. The number of amides is 2. The molecule has 25 heavy (non-hydrogen) atoms. The molecule has 3 rings (SSSR count). The second-order valence-corrected chi connectivity index (χ2v) is 7.07. The van der Waals surface area contributed by atoms with E-state index in [0.717, 1.165) is 45.0 Å². The Morgan fingerprint density at radius 2 is 1.68 bits per heavy atom. The van der Waals surface area contributed by atoms with E-state index in [-0.39, 0.29) is 22.4 Å². The molecule has 5 nitrogen and oxygen atoms in total. The number of hydrogen-bond donors (Lipinski definition) is 0. The number of carbonyl (C=O) groups excluding carboxylic acids is 2. The maximum atomic E-state index is 14.0. The third kappa shape index (κ3) is 4.50. The van der Waals surface area contributed by atoms with Crippen LogP contribution in [0.15, 0.2) is 18.2 Å². The SMILES string of the molecule is O=C(CN1CCCN(C(=O)c2ccc(Cl)cc2F)CC1)N1CCCC1. The Morgan fingerprint density at radius 1 is 0.960 bits per heavy atom. The summed E-state index contributed by atoms with van der Waals surface area (Å²) in [5.74, 6) is -0.745. The summed E-state index contributed by atoms with van der Waals surface area (Å²) in [6.45, 7) is 4.56. The first-order valence-corrected chi connectivity index (χ1v) is 9.17. The zero-order valence-electron chi connectivity index (χ0n) is 14.2. The van der Waals surface area contributed by atoms with Crippen LogP contribution < -0.4 is 0 Å². The van der Waals surface area contributed by atoms with Gasteiger partial charge in [0.1, 0.15) is 5.82 Å². The van der Waals surface area contributed by atoms with Gasteiger partial charge in [-0.05, 0) is 37.5 Å². The van der Waals surface area contributed by atoms with Crippen LogP contribution in [0.4, 0.5) is 4.39 Å². The molecule has 0 aromatic heterocycles. The van der Waals surface area contributed by atoms with Crippen LogP contribution in [0.5, 0.6) is 0 Å². The molecule has 2 amide bonds. The molecule has 2 saturated heterocycles. The van der Waals surface area contributed by atoms with Gasteiger partial charge in [0.05, 0.1) is 12.1 Å². The number of halogens is 2. The Bertz CT molecular complexity index is 649. The third-order valence-electron chi connectivity index (χ3n) is 4.85. The molecule has 2 heterocycles. The van der Waals surface area contributed by atoms with Gasteiger partial charge >= 0.3 is 0 Å². The predicted octanol–water partition coefficient (Wildman–Crippen LogP) is 2.25. The minimum Gasteiger partial charge on any atom is -0.342 e. The van der Waals surface area contributed by atoms with Crippen LogP contribution >= 0.6 is 11.6 Å². The zero-order chi connectivity index (χ0) is 17.8. The van der Waals surface area contributed by atoms with Crippen molar-refractivity contribution in [2.24, 2.45) is 0 Å². The highest BCUT2D eigenvalue weighted by atomic mass is 35.5. The summed E-state index contributed by atoms with van der Waals surface area (Å²) in [4.78, 5) is 30.5. The smallest absolute Gasteiger partial charge is 0.256 e. The highest BCUT2D eigenvalue weighted by Crippen LogP contribution is 2.17. The Morgan fingerprint density at radius 3 is 2.40 bits per heavy atom. The van der Waals surface area contributed by atoms with E-state index in [2.05, 4.69) is 4.90 Å². The first kappa shape index (κ1) is 18.1. The van der Waals surface area contributed by atoms with Gasteiger partial charge in [-0.25, -0.2) is 4.39 Å². The first-order valence-electron chi connectivity index (χ1n) is 8.79. The Labute approximate surface area is 152 Å². The summed E-state index contributed by atoms with van der Waals surface area (Å²) >= 11 is 5.75. The van der Waals surface area contributed by atoms with Crippen LogP contribution in [0.25, 0.3) is 0 Å². The summed E-state index contributed by atoms with van der Waals surface area (Å²) in [6, 6.07) is 4.11. The van der Waals surface area contributed by atoms with Crippen molar-refractivity contribution in [3.8, 4) is 0 Å². The quantitative estimate of drug-likeness (QED) is 0.823. The maximum absolute atomic E-state index is 14.0. The van der Waals surface area contributed by atoms with Gasteiger partial charge in [0.25, 0.3) is 5.91 Å². The van der Waals surface area contributed by atoms with Crippen LogP contribution in [0.3, 0.4) is 0 Å². The molecule has 0 saturated carbocycles. The van der Waals surface area contributed by atoms with E-state index < -0.39 is 5.82 Å². The molecule has 0 N–H and O–H groups in total. The number of hydrogen-bond acceptors (Lipinski definition) is 3. The lowest BCUT2D eigenvalue weighted by Gasteiger charge is -2.24. The summed E-state index contributed by atoms with van der Waals surface area (Å²) < 4.78 is 14.0. The number of rotatable bonds is 3. The molecule has 2 fully saturated rings. The fraction of sp³-hybridized carbons (Fsp3) is 0.556. The van der Waals surface area contributed by atoms with Crippen molar-refractivity contribution in [2.45, 2.75) is 19.3 Å². The van der Waals surface area contributed by atoms with Gasteiger partial charge in [-0.3, -0.25) is 14.5 Å². The van der Waals surface area contributed by atoms with Crippen molar-refractivity contribution in [2.75, 3.05) is 45.8 Å². The normalized spacial score (nSPS) is 19.1. The van der Waals surface area contributed by atoms with E-state index in [1.165, 1.54) is 12.1 Å². The molecular formula is C18H23ClFN3O2. The monoisotopic (exact) mass is 367 g/mol. The fourth-order valence-electron chi connectivity index (χ4n) is 3.42. The number of carbonyl (C=O) groups is 2. The number of benzene rings is 1. The van der Waals surface area contributed by atoms with Crippen LogP contribution in [0, 0.1) is 5.82 Å². The molecule has 2 aliphatic rings. The van der Waals surface area contributed by atoms with Crippen LogP contribution in [0.1, 0.15) is 29.6 Å².